The minimum atomic E-state index is -2.07. The van der Waals surface area contributed by atoms with E-state index in [9.17, 15) is 0 Å². The summed E-state index contributed by atoms with van der Waals surface area (Å²) in [6, 6.07) is 33.5. The number of hydrogen-bond donors (Lipinski definition) is 0. The first-order valence-electron chi connectivity index (χ1n) is 9.64. The topological polar surface area (TPSA) is 0 Å². The monoisotopic (exact) mass is 553 g/mol. The summed E-state index contributed by atoms with van der Waals surface area (Å²) < 4.78 is 3.77. The molecule has 0 aromatic heterocycles. The fourth-order valence-electron chi connectivity index (χ4n) is 3.81. The van der Waals surface area contributed by atoms with Crippen LogP contribution in [0.3, 0.4) is 0 Å². The standard InChI is InChI=1S/C18H15P.C7H9.Au/c1-4-10-16(11-5-1)19(17-12-6-2-7-13-17)18-14-8-3-9-15-18;1-2-7-5-3-4-6-7;/h1-15H;7H,3-6H2;/q;;-1/p+1. The molecular formula is C25H25AuP. The Morgan fingerprint density at radius 3 is 1.44 bits per heavy atom. The number of hydrogen-bond acceptors (Lipinski definition) is 0. The zero-order valence-corrected chi connectivity index (χ0v) is 18.5. The predicted octanol–water partition coefficient (Wildman–Crippen LogP) is 4.86. The Balaban J connectivity index is 1.86. The van der Waals surface area contributed by atoms with Gasteiger partial charge in [0.25, 0.3) is 0 Å². The van der Waals surface area contributed by atoms with Crippen LogP contribution in [0.15, 0.2) is 91.0 Å². The van der Waals surface area contributed by atoms with Gasteiger partial charge in [0.15, 0.2) is 0 Å². The molecule has 0 heterocycles. The van der Waals surface area contributed by atoms with Gasteiger partial charge < -0.3 is 0 Å². The third kappa shape index (κ3) is 4.13. The second-order valence-corrected chi connectivity index (χ2v) is 17.1. The van der Waals surface area contributed by atoms with Gasteiger partial charge in [0.2, 0.25) is 0 Å². The van der Waals surface area contributed by atoms with Gasteiger partial charge in [-0.05, 0) is 0 Å². The third-order valence-corrected chi connectivity index (χ3v) is 17.9. The van der Waals surface area contributed by atoms with E-state index in [2.05, 4.69) is 101 Å². The van der Waals surface area contributed by atoms with Crippen molar-refractivity contribution in [1.29, 1.82) is 0 Å². The molecule has 141 valence electrons. The van der Waals surface area contributed by atoms with E-state index in [0.29, 0.717) is 5.92 Å². The molecule has 0 amide bonds. The van der Waals surface area contributed by atoms with Crippen LogP contribution in [0.5, 0.6) is 0 Å². The first-order valence-corrected chi connectivity index (χ1v) is 15.8. The molecule has 0 spiro atoms. The fourth-order valence-corrected chi connectivity index (χ4v) is 15.3. The van der Waals surface area contributed by atoms with E-state index in [1.165, 1.54) is 41.6 Å². The molecule has 4 rings (SSSR count). The molecule has 1 aliphatic rings. The van der Waals surface area contributed by atoms with Crippen molar-refractivity contribution in [2.75, 3.05) is 0 Å². The molecule has 1 fully saturated rings. The van der Waals surface area contributed by atoms with Crippen LogP contribution in [0, 0.1) is 16.0 Å². The summed E-state index contributed by atoms with van der Waals surface area (Å²) >= 11 is -0.159. The number of benzene rings is 3. The molecule has 27 heavy (non-hydrogen) atoms. The van der Waals surface area contributed by atoms with Crippen molar-refractivity contribution in [3.63, 3.8) is 0 Å². The molecule has 0 bridgehead atoms. The van der Waals surface area contributed by atoms with E-state index in [-0.39, 0.29) is 19.2 Å². The normalized spacial score (nSPS) is 15.3. The van der Waals surface area contributed by atoms with Gasteiger partial charge in [0, 0.05) is 0 Å². The van der Waals surface area contributed by atoms with Crippen LogP contribution < -0.4 is 15.9 Å². The summed E-state index contributed by atoms with van der Waals surface area (Å²) in [7, 11) is 0. The van der Waals surface area contributed by atoms with Gasteiger partial charge in [0.1, 0.15) is 0 Å². The summed E-state index contributed by atoms with van der Waals surface area (Å²) in [6.07, 6.45) is 5.31. The van der Waals surface area contributed by atoms with Gasteiger partial charge in [-0.1, -0.05) is 0 Å². The summed E-state index contributed by atoms with van der Waals surface area (Å²) in [6.45, 7) is 0. The van der Waals surface area contributed by atoms with Gasteiger partial charge >= 0.3 is 173 Å². The van der Waals surface area contributed by atoms with Crippen LogP contribution in [0.25, 0.3) is 0 Å². The maximum atomic E-state index is 3.77. The minimum absolute atomic E-state index is 0.159. The van der Waals surface area contributed by atoms with Gasteiger partial charge in [0.05, 0.1) is 0 Å². The molecular weight excluding hydrogens is 528 g/mol. The average Bonchev–Trinajstić information content (AvgIpc) is 3.27. The summed E-state index contributed by atoms with van der Waals surface area (Å²) in [5.41, 5.74) is 0. The Bertz CT molecular complexity index is 807. The van der Waals surface area contributed by atoms with E-state index >= 15 is 0 Å². The molecule has 0 unspecified atom stereocenters. The average molecular weight is 553 g/mol. The first kappa shape index (κ1) is 18.7. The molecule has 0 radical (unpaired) electrons. The molecule has 0 N–H and O–H groups in total. The molecule has 2 heteroatoms. The van der Waals surface area contributed by atoms with Gasteiger partial charge in [-0.25, -0.2) is 0 Å². The van der Waals surface area contributed by atoms with Crippen molar-refractivity contribution in [2.45, 2.75) is 25.7 Å². The van der Waals surface area contributed by atoms with Crippen LogP contribution in [0.2, 0.25) is 0 Å². The SMILES string of the molecule is [C](#CC1CCCC1)[Au][PH](c1ccccc1)(c1ccccc1)c1ccccc1. The van der Waals surface area contributed by atoms with E-state index < -0.39 is 5.15 Å². The Hall–Kier alpha value is -1.61. The third-order valence-electron chi connectivity index (χ3n) is 5.20. The summed E-state index contributed by atoms with van der Waals surface area (Å²) in [5.74, 6) is 4.31. The van der Waals surface area contributed by atoms with Crippen molar-refractivity contribution in [1.82, 2.24) is 0 Å². The fraction of sp³-hybridized carbons (Fsp3) is 0.200. The van der Waals surface area contributed by atoms with Gasteiger partial charge in [-0.15, -0.1) is 0 Å². The van der Waals surface area contributed by atoms with Crippen molar-refractivity contribution in [2.24, 2.45) is 5.92 Å². The maximum absolute atomic E-state index is 3.77. The molecule has 3 aromatic carbocycles. The van der Waals surface area contributed by atoms with Crippen LogP contribution in [-0.2, 0) is 19.2 Å². The van der Waals surface area contributed by atoms with E-state index in [1.54, 1.807) is 0 Å². The van der Waals surface area contributed by atoms with E-state index in [1.807, 2.05) is 0 Å². The molecule has 0 saturated heterocycles. The Kier molecular flexibility index (Phi) is 6.28. The molecule has 1 aliphatic carbocycles. The summed E-state index contributed by atoms with van der Waals surface area (Å²) in [4.78, 5) is 0. The van der Waals surface area contributed by atoms with E-state index in [0.717, 1.165) is 0 Å². The predicted molar refractivity (Wildman–Crippen MR) is 116 cm³/mol. The quantitative estimate of drug-likeness (QED) is 0.246. The Labute approximate surface area is 172 Å². The molecule has 0 nitrogen and oxygen atoms in total. The van der Waals surface area contributed by atoms with Crippen molar-refractivity contribution < 1.29 is 19.2 Å². The van der Waals surface area contributed by atoms with Crippen LogP contribution in [0.4, 0.5) is 0 Å². The molecule has 1 saturated carbocycles. The second-order valence-electron chi connectivity index (χ2n) is 6.98. The van der Waals surface area contributed by atoms with Gasteiger partial charge in [-0.2, -0.15) is 0 Å². The van der Waals surface area contributed by atoms with Crippen LogP contribution in [0.1, 0.15) is 25.7 Å². The molecule has 0 aliphatic heterocycles. The van der Waals surface area contributed by atoms with Crippen molar-refractivity contribution in [3.8, 4) is 10.1 Å². The van der Waals surface area contributed by atoms with E-state index in [4.69, 9.17) is 0 Å². The Morgan fingerprint density at radius 1 is 0.630 bits per heavy atom. The first-order chi connectivity index (χ1) is 13.4. The van der Waals surface area contributed by atoms with Crippen molar-refractivity contribution in [3.05, 3.63) is 91.0 Å². The Morgan fingerprint density at radius 2 is 1.04 bits per heavy atom. The zero-order valence-electron chi connectivity index (χ0n) is 15.4. The number of rotatable bonds is 4. The van der Waals surface area contributed by atoms with Crippen molar-refractivity contribution >= 4 is 21.1 Å². The summed E-state index contributed by atoms with van der Waals surface area (Å²) in [5, 5.41) is 2.40. The van der Waals surface area contributed by atoms with Gasteiger partial charge in [-0.3, -0.25) is 0 Å². The molecule has 0 atom stereocenters. The van der Waals surface area contributed by atoms with Crippen LogP contribution >= 0.6 is 5.15 Å². The second kappa shape index (κ2) is 9.05. The zero-order chi connectivity index (χ0) is 18.4. The van der Waals surface area contributed by atoms with Crippen LogP contribution in [-0.4, -0.2) is 0 Å². The molecule has 3 aromatic rings.